The highest BCUT2D eigenvalue weighted by molar-refractivity contribution is 9.10. The predicted molar refractivity (Wildman–Crippen MR) is 106 cm³/mol. The molecule has 0 aliphatic heterocycles. The molecule has 138 valence electrons. The van der Waals surface area contributed by atoms with Crippen molar-refractivity contribution in [1.29, 1.82) is 0 Å². The summed E-state index contributed by atoms with van der Waals surface area (Å²) >= 11 is 3.36. The Morgan fingerprint density at radius 2 is 2.00 bits per heavy atom. The van der Waals surface area contributed by atoms with E-state index in [0.717, 1.165) is 11.3 Å². The van der Waals surface area contributed by atoms with Crippen LogP contribution in [0.15, 0.2) is 65.3 Å². The van der Waals surface area contributed by atoms with E-state index in [1.165, 1.54) is 12.1 Å². The topological polar surface area (TPSA) is 56.1 Å². The van der Waals surface area contributed by atoms with Crippen LogP contribution in [0.2, 0.25) is 0 Å². The van der Waals surface area contributed by atoms with Crippen LogP contribution in [-0.2, 0) is 11.3 Å². The van der Waals surface area contributed by atoms with E-state index in [1.807, 2.05) is 24.3 Å². The van der Waals surface area contributed by atoms with Crippen molar-refractivity contribution >= 4 is 33.7 Å². The SMILES string of the molecule is COc1ccc(/C=C/C(=O)Nc2nn(Cc3ccccc3F)cc2Br)cc1. The number of rotatable bonds is 6. The van der Waals surface area contributed by atoms with Crippen molar-refractivity contribution in [2.24, 2.45) is 0 Å². The van der Waals surface area contributed by atoms with Crippen molar-refractivity contribution in [3.05, 3.63) is 82.2 Å². The molecular weight excluding hydrogens is 413 g/mol. The van der Waals surface area contributed by atoms with E-state index in [0.29, 0.717) is 15.9 Å². The van der Waals surface area contributed by atoms with Crippen molar-refractivity contribution in [2.45, 2.75) is 6.54 Å². The van der Waals surface area contributed by atoms with Crippen LogP contribution in [0, 0.1) is 5.82 Å². The Balaban J connectivity index is 1.64. The molecule has 0 bridgehead atoms. The van der Waals surface area contributed by atoms with Crippen molar-refractivity contribution in [3.8, 4) is 5.75 Å². The fraction of sp³-hybridized carbons (Fsp3) is 0.100. The van der Waals surface area contributed by atoms with Crippen LogP contribution in [0.5, 0.6) is 5.75 Å². The summed E-state index contributed by atoms with van der Waals surface area (Å²) in [6, 6.07) is 13.8. The van der Waals surface area contributed by atoms with Gasteiger partial charge < -0.3 is 10.1 Å². The molecule has 0 aliphatic carbocycles. The first-order valence-corrected chi connectivity index (χ1v) is 8.94. The van der Waals surface area contributed by atoms with Crippen LogP contribution in [0.25, 0.3) is 6.08 Å². The second-order valence-electron chi connectivity index (χ2n) is 5.71. The third kappa shape index (κ3) is 5.04. The second kappa shape index (κ2) is 8.64. The average molecular weight is 430 g/mol. The Kier molecular flexibility index (Phi) is 6.03. The van der Waals surface area contributed by atoms with Gasteiger partial charge in [0.2, 0.25) is 5.91 Å². The number of anilines is 1. The van der Waals surface area contributed by atoms with E-state index in [4.69, 9.17) is 4.74 Å². The summed E-state index contributed by atoms with van der Waals surface area (Å²) in [6.45, 7) is 0.267. The number of ether oxygens (including phenoxy) is 1. The largest absolute Gasteiger partial charge is 0.497 e. The molecule has 0 saturated carbocycles. The summed E-state index contributed by atoms with van der Waals surface area (Å²) in [5.41, 5.74) is 1.39. The van der Waals surface area contributed by atoms with Crippen molar-refractivity contribution in [1.82, 2.24) is 9.78 Å². The molecule has 0 saturated heterocycles. The van der Waals surface area contributed by atoms with Gasteiger partial charge in [-0.3, -0.25) is 9.48 Å². The van der Waals surface area contributed by atoms with Gasteiger partial charge in [-0.1, -0.05) is 30.3 Å². The van der Waals surface area contributed by atoms with E-state index in [-0.39, 0.29) is 18.3 Å². The van der Waals surface area contributed by atoms with Crippen molar-refractivity contribution < 1.29 is 13.9 Å². The van der Waals surface area contributed by atoms with Crippen LogP contribution in [0.4, 0.5) is 10.2 Å². The average Bonchev–Trinajstić information content (AvgIpc) is 3.01. The van der Waals surface area contributed by atoms with E-state index < -0.39 is 0 Å². The maximum Gasteiger partial charge on any atom is 0.249 e. The number of nitrogens with zero attached hydrogens (tertiary/aromatic N) is 2. The minimum absolute atomic E-state index is 0.267. The Morgan fingerprint density at radius 1 is 1.26 bits per heavy atom. The number of nitrogens with one attached hydrogen (secondary N) is 1. The molecule has 27 heavy (non-hydrogen) atoms. The van der Waals surface area contributed by atoms with E-state index in [2.05, 4.69) is 26.3 Å². The molecule has 2 aromatic carbocycles. The summed E-state index contributed by atoms with van der Waals surface area (Å²) < 4.78 is 21.0. The van der Waals surface area contributed by atoms with Crippen molar-refractivity contribution in [3.63, 3.8) is 0 Å². The van der Waals surface area contributed by atoms with Crippen molar-refractivity contribution in [2.75, 3.05) is 12.4 Å². The van der Waals surface area contributed by atoms with Crippen LogP contribution in [0.1, 0.15) is 11.1 Å². The molecule has 5 nitrogen and oxygen atoms in total. The number of carbonyl (C=O) groups is 1. The lowest BCUT2D eigenvalue weighted by Gasteiger charge is -2.03. The maximum atomic E-state index is 13.8. The number of halogens is 2. The van der Waals surface area contributed by atoms with Crippen LogP contribution >= 0.6 is 15.9 Å². The molecule has 0 spiro atoms. The smallest absolute Gasteiger partial charge is 0.249 e. The molecular formula is C20H17BrFN3O2. The van der Waals surface area contributed by atoms with Gasteiger partial charge in [-0.25, -0.2) is 4.39 Å². The number of methoxy groups -OCH3 is 1. The minimum atomic E-state index is -0.317. The molecule has 0 unspecified atom stereocenters. The number of hydrogen-bond acceptors (Lipinski definition) is 3. The lowest BCUT2D eigenvalue weighted by molar-refractivity contribution is -0.111. The summed E-state index contributed by atoms with van der Waals surface area (Å²) in [6.07, 6.45) is 4.80. The normalized spacial score (nSPS) is 10.9. The Bertz CT molecular complexity index is 968. The van der Waals surface area contributed by atoms with Gasteiger partial charge in [0, 0.05) is 17.8 Å². The molecule has 1 N–H and O–H groups in total. The van der Waals surface area contributed by atoms with Gasteiger partial charge in [0.1, 0.15) is 11.6 Å². The fourth-order valence-corrected chi connectivity index (χ4v) is 2.82. The van der Waals surface area contributed by atoms with E-state index in [9.17, 15) is 9.18 Å². The number of aromatic nitrogens is 2. The molecule has 3 aromatic rings. The number of hydrogen-bond donors (Lipinski definition) is 1. The van der Waals surface area contributed by atoms with Gasteiger partial charge in [0.05, 0.1) is 18.1 Å². The van der Waals surface area contributed by atoms with E-state index in [1.54, 1.807) is 42.3 Å². The van der Waals surface area contributed by atoms with Crippen LogP contribution in [-0.4, -0.2) is 22.8 Å². The first-order chi connectivity index (χ1) is 13.0. The standard InChI is InChI=1S/C20H17BrFN3O2/c1-27-16-9-6-14(7-10-16)8-11-19(26)23-20-17(21)13-25(24-20)12-15-4-2-3-5-18(15)22/h2-11,13H,12H2,1H3,(H,23,24,26)/b11-8+. The van der Waals surface area contributed by atoms with Gasteiger partial charge in [-0.15, -0.1) is 0 Å². The first-order valence-electron chi connectivity index (χ1n) is 8.14. The third-order valence-electron chi connectivity index (χ3n) is 3.79. The second-order valence-corrected chi connectivity index (χ2v) is 6.56. The first kappa shape index (κ1) is 18.8. The van der Waals surface area contributed by atoms with Gasteiger partial charge >= 0.3 is 0 Å². The van der Waals surface area contributed by atoms with Gasteiger partial charge in [-0.05, 0) is 45.8 Å². The fourth-order valence-electron chi connectivity index (χ4n) is 2.41. The third-order valence-corrected chi connectivity index (χ3v) is 4.37. The zero-order valence-electron chi connectivity index (χ0n) is 14.5. The Labute approximate surface area is 164 Å². The minimum Gasteiger partial charge on any atom is -0.497 e. The maximum absolute atomic E-state index is 13.8. The molecule has 7 heteroatoms. The summed E-state index contributed by atoms with van der Waals surface area (Å²) in [4.78, 5) is 12.1. The van der Waals surface area contributed by atoms with E-state index >= 15 is 0 Å². The lowest BCUT2D eigenvalue weighted by atomic mass is 10.2. The zero-order valence-corrected chi connectivity index (χ0v) is 16.1. The molecule has 1 heterocycles. The summed E-state index contributed by atoms with van der Waals surface area (Å²) in [5, 5.41) is 6.99. The molecule has 0 aliphatic rings. The van der Waals surface area contributed by atoms with Gasteiger partial charge in [0.25, 0.3) is 0 Å². The highest BCUT2D eigenvalue weighted by atomic mass is 79.9. The molecule has 1 amide bonds. The number of amides is 1. The number of benzene rings is 2. The van der Waals surface area contributed by atoms with Gasteiger partial charge in [0.15, 0.2) is 5.82 Å². The van der Waals surface area contributed by atoms with Crippen LogP contribution in [0.3, 0.4) is 0 Å². The Hall–Kier alpha value is -2.93. The molecule has 0 radical (unpaired) electrons. The predicted octanol–water partition coefficient (Wildman–Crippen LogP) is 4.49. The summed E-state index contributed by atoms with van der Waals surface area (Å²) in [7, 11) is 1.60. The molecule has 0 atom stereocenters. The zero-order chi connectivity index (χ0) is 19.2. The highest BCUT2D eigenvalue weighted by Crippen LogP contribution is 2.21. The van der Waals surface area contributed by atoms with Crippen LogP contribution < -0.4 is 10.1 Å². The monoisotopic (exact) mass is 429 g/mol. The molecule has 3 rings (SSSR count). The molecule has 1 aromatic heterocycles. The van der Waals surface area contributed by atoms with Gasteiger partial charge in [-0.2, -0.15) is 5.10 Å². The Morgan fingerprint density at radius 3 is 2.70 bits per heavy atom. The summed E-state index contributed by atoms with van der Waals surface area (Å²) in [5.74, 6) is 0.511. The lowest BCUT2D eigenvalue weighted by Crippen LogP contribution is -2.10. The molecule has 0 fully saturated rings. The number of carbonyl (C=O) groups excluding carboxylic acids is 1. The quantitative estimate of drug-likeness (QED) is 0.587. The highest BCUT2D eigenvalue weighted by Gasteiger charge is 2.10.